The van der Waals surface area contributed by atoms with Gasteiger partial charge in [-0.1, -0.05) is 6.07 Å². The van der Waals surface area contributed by atoms with Gasteiger partial charge in [0.2, 0.25) is 5.82 Å². The number of thioether (sulfide) groups is 1. The van der Waals surface area contributed by atoms with Crippen LogP contribution in [0.1, 0.15) is 16.8 Å². The summed E-state index contributed by atoms with van der Waals surface area (Å²) in [5, 5.41) is 11.4. The van der Waals surface area contributed by atoms with Gasteiger partial charge >= 0.3 is 5.69 Å². The Balaban J connectivity index is 2.11. The number of halogens is 1. The van der Waals surface area contributed by atoms with E-state index in [9.17, 15) is 14.5 Å². The van der Waals surface area contributed by atoms with Gasteiger partial charge in [-0.15, -0.1) is 11.8 Å². The van der Waals surface area contributed by atoms with Crippen molar-refractivity contribution in [3.8, 4) is 0 Å². The number of nitro benzene ring substituents is 1. The van der Waals surface area contributed by atoms with Crippen LogP contribution in [0.5, 0.6) is 0 Å². The second-order valence-electron chi connectivity index (χ2n) is 4.46. The molecule has 0 saturated heterocycles. The first-order valence-corrected chi connectivity index (χ1v) is 6.95. The number of aryl methyl sites for hydroxylation is 2. The maximum absolute atomic E-state index is 13.5. The van der Waals surface area contributed by atoms with Crippen molar-refractivity contribution in [1.82, 2.24) is 4.98 Å². The summed E-state index contributed by atoms with van der Waals surface area (Å²) < 4.78 is 13.5. The third kappa shape index (κ3) is 3.54. The first-order chi connectivity index (χ1) is 9.45. The van der Waals surface area contributed by atoms with Gasteiger partial charge in [-0.3, -0.25) is 10.1 Å². The first kappa shape index (κ1) is 14.5. The van der Waals surface area contributed by atoms with Crippen LogP contribution in [0, 0.1) is 29.8 Å². The number of aromatic nitrogens is 1. The molecular formula is C14H13FN2O2S. The Morgan fingerprint density at radius 1 is 1.30 bits per heavy atom. The summed E-state index contributed by atoms with van der Waals surface area (Å²) in [6, 6.07) is 7.90. The molecule has 0 unspecified atom stereocenters. The monoisotopic (exact) mass is 292 g/mol. The fourth-order valence-corrected chi connectivity index (χ4v) is 2.80. The number of benzene rings is 1. The maximum atomic E-state index is 13.5. The number of pyridine rings is 1. The minimum Gasteiger partial charge on any atom is -0.258 e. The van der Waals surface area contributed by atoms with Crippen molar-refractivity contribution >= 4 is 17.4 Å². The molecule has 2 rings (SSSR count). The lowest BCUT2D eigenvalue weighted by atomic mass is 10.2. The van der Waals surface area contributed by atoms with Crippen molar-refractivity contribution < 1.29 is 9.31 Å². The van der Waals surface area contributed by atoms with Crippen molar-refractivity contribution in [2.75, 3.05) is 0 Å². The van der Waals surface area contributed by atoms with E-state index in [0.717, 1.165) is 16.3 Å². The Labute approximate surface area is 120 Å². The summed E-state index contributed by atoms with van der Waals surface area (Å²) in [4.78, 5) is 14.2. The second kappa shape index (κ2) is 6.00. The standard InChI is InChI=1S/C14H13FN2O2S/c1-9-5-10(2)16-14(6-9)20-8-11-3-4-13(17(18)19)12(15)7-11/h3-7H,8H2,1-2H3. The van der Waals surface area contributed by atoms with E-state index >= 15 is 0 Å². The molecule has 1 aromatic heterocycles. The molecule has 0 bridgehead atoms. The molecule has 0 aliphatic heterocycles. The van der Waals surface area contributed by atoms with E-state index < -0.39 is 16.4 Å². The number of nitro groups is 1. The predicted octanol–water partition coefficient (Wildman–Crippen LogP) is 4.04. The Hall–Kier alpha value is -1.95. The summed E-state index contributed by atoms with van der Waals surface area (Å²) in [6.45, 7) is 3.91. The molecule has 0 aliphatic carbocycles. The van der Waals surface area contributed by atoms with Crippen LogP contribution in [0.3, 0.4) is 0 Å². The number of hydrogen-bond donors (Lipinski definition) is 0. The average molecular weight is 292 g/mol. The fourth-order valence-electron chi connectivity index (χ4n) is 1.82. The lowest BCUT2D eigenvalue weighted by molar-refractivity contribution is -0.387. The van der Waals surface area contributed by atoms with Crippen molar-refractivity contribution in [3.05, 3.63) is 63.1 Å². The van der Waals surface area contributed by atoms with Crippen LogP contribution in [0.2, 0.25) is 0 Å². The normalized spacial score (nSPS) is 10.6. The molecule has 20 heavy (non-hydrogen) atoms. The Morgan fingerprint density at radius 3 is 2.65 bits per heavy atom. The lowest BCUT2D eigenvalue weighted by Gasteiger charge is -2.04. The molecule has 0 amide bonds. The van der Waals surface area contributed by atoms with Crippen LogP contribution in [-0.4, -0.2) is 9.91 Å². The van der Waals surface area contributed by atoms with Gasteiger partial charge < -0.3 is 0 Å². The molecule has 0 atom stereocenters. The van der Waals surface area contributed by atoms with Gasteiger partial charge in [0.1, 0.15) is 0 Å². The van der Waals surface area contributed by atoms with Crippen LogP contribution in [-0.2, 0) is 5.75 Å². The molecule has 0 fully saturated rings. The van der Waals surface area contributed by atoms with Crippen LogP contribution >= 0.6 is 11.8 Å². The quantitative estimate of drug-likeness (QED) is 0.485. The van der Waals surface area contributed by atoms with Gasteiger partial charge in [-0.2, -0.15) is 4.39 Å². The molecule has 1 aromatic carbocycles. The van der Waals surface area contributed by atoms with Gasteiger partial charge in [0.15, 0.2) is 0 Å². The van der Waals surface area contributed by atoms with Crippen molar-refractivity contribution in [1.29, 1.82) is 0 Å². The van der Waals surface area contributed by atoms with Crippen LogP contribution < -0.4 is 0 Å². The molecule has 104 valence electrons. The molecule has 4 nitrogen and oxygen atoms in total. The largest absolute Gasteiger partial charge is 0.304 e. The molecule has 0 aliphatic rings. The Morgan fingerprint density at radius 2 is 2.05 bits per heavy atom. The van der Waals surface area contributed by atoms with Gasteiger partial charge in [-0.25, -0.2) is 4.98 Å². The van der Waals surface area contributed by atoms with Crippen molar-refractivity contribution in [3.63, 3.8) is 0 Å². The van der Waals surface area contributed by atoms with E-state index in [4.69, 9.17) is 0 Å². The van der Waals surface area contributed by atoms with E-state index in [1.165, 1.54) is 23.9 Å². The van der Waals surface area contributed by atoms with E-state index in [2.05, 4.69) is 4.98 Å². The molecule has 0 saturated carbocycles. The average Bonchev–Trinajstić information content (AvgIpc) is 2.35. The van der Waals surface area contributed by atoms with Crippen molar-refractivity contribution in [2.45, 2.75) is 24.6 Å². The van der Waals surface area contributed by atoms with E-state index in [-0.39, 0.29) is 0 Å². The molecular weight excluding hydrogens is 279 g/mol. The number of nitrogens with zero attached hydrogens (tertiary/aromatic N) is 2. The lowest BCUT2D eigenvalue weighted by Crippen LogP contribution is -1.94. The van der Waals surface area contributed by atoms with E-state index in [1.54, 1.807) is 6.07 Å². The van der Waals surface area contributed by atoms with Gasteiger partial charge in [0, 0.05) is 17.5 Å². The topological polar surface area (TPSA) is 56.0 Å². The molecule has 1 heterocycles. The Bertz CT molecular complexity index is 641. The van der Waals surface area contributed by atoms with Crippen molar-refractivity contribution in [2.24, 2.45) is 0 Å². The Kier molecular flexibility index (Phi) is 4.34. The van der Waals surface area contributed by atoms with Crippen LogP contribution in [0.15, 0.2) is 35.4 Å². The van der Waals surface area contributed by atoms with Gasteiger partial charge in [0.25, 0.3) is 0 Å². The molecule has 6 heteroatoms. The third-order valence-corrected chi connectivity index (χ3v) is 3.65. The number of rotatable bonds is 4. The van der Waals surface area contributed by atoms with Gasteiger partial charge in [-0.05, 0) is 43.2 Å². The first-order valence-electron chi connectivity index (χ1n) is 5.96. The highest BCUT2D eigenvalue weighted by molar-refractivity contribution is 7.98. The summed E-state index contributed by atoms with van der Waals surface area (Å²) in [5.74, 6) is -0.286. The highest BCUT2D eigenvalue weighted by Gasteiger charge is 2.13. The summed E-state index contributed by atoms with van der Waals surface area (Å²) in [7, 11) is 0. The third-order valence-electron chi connectivity index (χ3n) is 2.67. The zero-order chi connectivity index (χ0) is 14.7. The molecule has 0 radical (unpaired) electrons. The predicted molar refractivity (Wildman–Crippen MR) is 76.3 cm³/mol. The molecule has 2 aromatic rings. The van der Waals surface area contributed by atoms with Crippen LogP contribution in [0.25, 0.3) is 0 Å². The second-order valence-corrected chi connectivity index (χ2v) is 5.45. The minimum absolute atomic E-state index is 0.497. The zero-order valence-corrected chi connectivity index (χ0v) is 11.9. The minimum atomic E-state index is -0.804. The van der Waals surface area contributed by atoms with Gasteiger partial charge in [0.05, 0.1) is 9.95 Å². The highest BCUT2D eigenvalue weighted by Crippen LogP contribution is 2.25. The fraction of sp³-hybridized carbons (Fsp3) is 0.214. The number of hydrogen-bond acceptors (Lipinski definition) is 4. The molecule has 0 spiro atoms. The zero-order valence-electron chi connectivity index (χ0n) is 11.1. The molecule has 0 N–H and O–H groups in total. The van der Waals surface area contributed by atoms with E-state index in [1.807, 2.05) is 26.0 Å². The smallest absolute Gasteiger partial charge is 0.258 e. The summed E-state index contributed by atoms with van der Waals surface area (Å²) in [5.41, 5.74) is 2.25. The maximum Gasteiger partial charge on any atom is 0.304 e. The van der Waals surface area contributed by atoms with Crippen LogP contribution in [0.4, 0.5) is 10.1 Å². The highest BCUT2D eigenvalue weighted by atomic mass is 32.2. The van der Waals surface area contributed by atoms with E-state index in [0.29, 0.717) is 11.3 Å². The SMILES string of the molecule is Cc1cc(C)nc(SCc2ccc([N+](=O)[O-])c(F)c2)c1. The summed E-state index contributed by atoms with van der Waals surface area (Å²) in [6.07, 6.45) is 0. The summed E-state index contributed by atoms with van der Waals surface area (Å²) >= 11 is 1.48.